The van der Waals surface area contributed by atoms with Crippen molar-refractivity contribution in [1.29, 1.82) is 0 Å². The van der Waals surface area contributed by atoms with E-state index in [9.17, 15) is 9.59 Å². The molecule has 0 saturated carbocycles. The van der Waals surface area contributed by atoms with E-state index in [1.807, 2.05) is 35.2 Å². The van der Waals surface area contributed by atoms with Crippen LogP contribution in [-0.4, -0.2) is 40.4 Å². The van der Waals surface area contributed by atoms with Crippen LogP contribution in [0.1, 0.15) is 5.56 Å². The average molecular weight is 262 g/mol. The Bertz CT molecular complexity index is 477. The monoisotopic (exact) mass is 262 g/mol. The highest BCUT2D eigenvalue weighted by atomic mass is 32.2. The van der Waals surface area contributed by atoms with Crippen molar-refractivity contribution in [1.82, 2.24) is 10.2 Å². The molecule has 0 aromatic heterocycles. The molecule has 1 aromatic rings. The molecule has 94 valence electrons. The largest absolute Gasteiger partial charge is 0.341 e. The summed E-state index contributed by atoms with van der Waals surface area (Å²) in [5, 5.41) is 3.00. The molecule has 2 fully saturated rings. The first-order chi connectivity index (χ1) is 8.75. The van der Waals surface area contributed by atoms with Crippen molar-refractivity contribution in [2.45, 2.75) is 17.8 Å². The van der Waals surface area contributed by atoms with E-state index in [-0.39, 0.29) is 23.2 Å². The molecule has 2 atom stereocenters. The second-order valence-corrected chi connectivity index (χ2v) is 5.73. The maximum absolute atomic E-state index is 11.9. The third-order valence-corrected chi connectivity index (χ3v) is 4.57. The van der Waals surface area contributed by atoms with Gasteiger partial charge in [0.1, 0.15) is 11.4 Å². The number of hydrogen-bond donors (Lipinski definition) is 1. The van der Waals surface area contributed by atoms with E-state index in [4.69, 9.17) is 0 Å². The van der Waals surface area contributed by atoms with Crippen molar-refractivity contribution in [2.75, 3.05) is 12.3 Å². The number of nitrogens with zero attached hydrogens (tertiary/aromatic N) is 1. The Kier molecular flexibility index (Phi) is 2.99. The lowest BCUT2D eigenvalue weighted by Crippen LogP contribution is -2.67. The van der Waals surface area contributed by atoms with Gasteiger partial charge >= 0.3 is 0 Å². The van der Waals surface area contributed by atoms with E-state index in [1.165, 1.54) is 0 Å². The van der Waals surface area contributed by atoms with Gasteiger partial charge in [-0.3, -0.25) is 9.59 Å². The lowest BCUT2D eigenvalue weighted by atomic mass is 10.1. The van der Waals surface area contributed by atoms with E-state index in [0.717, 1.165) is 17.9 Å². The maximum Gasteiger partial charge on any atom is 0.249 e. The highest BCUT2D eigenvalue weighted by Gasteiger charge is 2.50. The van der Waals surface area contributed by atoms with Crippen LogP contribution in [0.25, 0.3) is 0 Å². The number of benzene rings is 1. The van der Waals surface area contributed by atoms with Gasteiger partial charge < -0.3 is 10.2 Å². The Morgan fingerprint density at radius 2 is 2.17 bits per heavy atom. The molecule has 1 aromatic carbocycles. The van der Waals surface area contributed by atoms with Gasteiger partial charge in [-0.2, -0.15) is 0 Å². The number of rotatable bonds is 3. The maximum atomic E-state index is 11.9. The smallest absolute Gasteiger partial charge is 0.249 e. The van der Waals surface area contributed by atoms with Gasteiger partial charge in [-0.1, -0.05) is 30.3 Å². The van der Waals surface area contributed by atoms with Gasteiger partial charge in [-0.25, -0.2) is 0 Å². The zero-order valence-corrected chi connectivity index (χ0v) is 10.7. The van der Waals surface area contributed by atoms with Gasteiger partial charge in [0, 0.05) is 12.3 Å². The van der Waals surface area contributed by atoms with Crippen molar-refractivity contribution >= 4 is 23.6 Å². The van der Waals surface area contributed by atoms with Crippen molar-refractivity contribution in [3.8, 4) is 0 Å². The highest BCUT2D eigenvalue weighted by Crippen LogP contribution is 2.35. The fourth-order valence-corrected chi connectivity index (χ4v) is 3.67. The molecule has 18 heavy (non-hydrogen) atoms. The molecule has 2 heterocycles. The molecule has 2 amide bonds. The molecule has 2 aliphatic rings. The number of nitrogens with one attached hydrogen (secondary N) is 1. The van der Waals surface area contributed by atoms with E-state index >= 15 is 0 Å². The van der Waals surface area contributed by atoms with Gasteiger partial charge in [0.15, 0.2) is 0 Å². The zero-order valence-electron chi connectivity index (χ0n) is 9.83. The van der Waals surface area contributed by atoms with Crippen molar-refractivity contribution in [3.05, 3.63) is 35.9 Å². The van der Waals surface area contributed by atoms with Gasteiger partial charge in [0.05, 0.1) is 6.42 Å². The van der Waals surface area contributed by atoms with Crippen LogP contribution in [0.2, 0.25) is 0 Å². The van der Waals surface area contributed by atoms with Gasteiger partial charge in [0.25, 0.3) is 0 Å². The van der Waals surface area contributed by atoms with Gasteiger partial charge in [0.2, 0.25) is 11.8 Å². The van der Waals surface area contributed by atoms with Crippen molar-refractivity contribution in [3.63, 3.8) is 0 Å². The molecule has 4 nitrogen and oxygen atoms in total. The molecule has 0 aliphatic carbocycles. The fraction of sp³-hybridized carbons (Fsp3) is 0.385. The Hall–Kier alpha value is -1.49. The highest BCUT2D eigenvalue weighted by molar-refractivity contribution is 8.00. The third-order valence-electron chi connectivity index (χ3n) is 3.29. The number of thioether (sulfide) groups is 1. The summed E-state index contributed by atoms with van der Waals surface area (Å²) >= 11 is 1.74. The van der Waals surface area contributed by atoms with E-state index < -0.39 is 0 Å². The molecule has 0 spiro atoms. The van der Waals surface area contributed by atoms with Crippen LogP contribution < -0.4 is 5.32 Å². The van der Waals surface area contributed by atoms with Crippen LogP contribution >= 0.6 is 11.8 Å². The van der Waals surface area contributed by atoms with Crippen LogP contribution in [0.3, 0.4) is 0 Å². The molecule has 3 rings (SSSR count). The molecule has 1 N–H and O–H groups in total. The summed E-state index contributed by atoms with van der Waals surface area (Å²) in [5.74, 6) is 0.958. The van der Waals surface area contributed by atoms with Crippen molar-refractivity contribution in [2.24, 2.45) is 0 Å². The van der Waals surface area contributed by atoms with Crippen LogP contribution in [0.15, 0.2) is 30.3 Å². The Labute approximate surface area is 110 Å². The molecule has 1 unspecified atom stereocenters. The molecule has 2 saturated heterocycles. The lowest BCUT2D eigenvalue weighted by molar-refractivity contribution is -0.147. The summed E-state index contributed by atoms with van der Waals surface area (Å²) in [5.41, 5.74) is 0.970. The van der Waals surface area contributed by atoms with Gasteiger partial charge in [-0.05, 0) is 5.56 Å². The normalized spacial score (nSPS) is 25.6. The Balaban J connectivity index is 1.57. The minimum Gasteiger partial charge on any atom is -0.341 e. The summed E-state index contributed by atoms with van der Waals surface area (Å²) in [7, 11) is 0. The third kappa shape index (κ3) is 1.99. The van der Waals surface area contributed by atoms with Crippen LogP contribution in [-0.2, 0) is 16.0 Å². The Morgan fingerprint density at radius 3 is 2.94 bits per heavy atom. The molecular weight excluding hydrogens is 248 g/mol. The summed E-state index contributed by atoms with van der Waals surface area (Å²) < 4.78 is 0. The predicted octanol–water partition coefficient (Wildman–Crippen LogP) is 0.629. The summed E-state index contributed by atoms with van der Waals surface area (Å²) in [6.07, 6.45) is 0.335. The van der Waals surface area contributed by atoms with E-state index in [2.05, 4.69) is 5.32 Å². The first kappa shape index (κ1) is 11.6. The average Bonchev–Trinajstić information content (AvgIpc) is 2.82. The first-order valence-electron chi connectivity index (χ1n) is 6.01. The molecule has 0 bridgehead atoms. The molecule has 5 heteroatoms. The summed E-state index contributed by atoms with van der Waals surface area (Å²) in [6.45, 7) is 0.819. The minimum atomic E-state index is -0.311. The number of β-lactam (4-membered cyclic amide) rings is 1. The van der Waals surface area contributed by atoms with E-state index in [1.54, 1.807) is 11.8 Å². The van der Waals surface area contributed by atoms with E-state index in [0.29, 0.717) is 6.42 Å². The topological polar surface area (TPSA) is 49.4 Å². The predicted molar refractivity (Wildman–Crippen MR) is 70.0 cm³/mol. The number of hydrogen-bond acceptors (Lipinski definition) is 3. The lowest BCUT2D eigenvalue weighted by Gasteiger charge is -2.41. The second kappa shape index (κ2) is 4.65. The SMILES string of the molecule is O=C(Cc1ccccc1)NC1C(=O)N2CCS[C@H]12. The molecule has 0 radical (unpaired) electrons. The van der Waals surface area contributed by atoms with Crippen LogP contribution in [0.5, 0.6) is 0 Å². The minimum absolute atomic E-state index is 0.0615. The number of amides is 2. The zero-order chi connectivity index (χ0) is 12.5. The first-order valence-corrected chi connectivity index (χ1v) is 7.06. The fourth-order valence-electron chi connectivity index (χ4n) is 2.36. The quantitative estimate of drug-likeness (QED) is 0.813. The van der Waals surface area contributed by atoms with Crippen LogP contribution in [0.4, 0.5) is 0 Å². The van der Waals surface area contributed by atoms with Crippen LogP contribution in [0, 0.1) is 0 Å². The second-order valence-electron chi connectivity index (χ2n) is 4.50. The van der Waals surface area contributed by atoms with Crippen molar-refractivity contribution < 1.29 is 9.59 Å². The molecule has 2 aliphatic heterocycles. The standard InChI is InChI=1S/C13H14N2O2S/c16-10(8-9-4-2-1-3-5-9)14-11-12(17)15-6-7-18-13(11)15/h1-5,11,13H,6-8H2,(H,14,16)/t11?,13-/m1/s1. The number of carbonyl (C=O) groups is 2. The summed E-state index contributed by atoms with van der Waals surface area (Å²) in [6, 6.07) is 9.26. The number of carbonyl (C=O) groups excluding carboxylic acids is 2. The Morgan fingerprint density at radius 1 is 1.39 bits per heavy atom. The number of fused-ring (bicyclic) bond motifs is 1. The van der Waals surface area contributed by atoms with Gasteiger partial charge in [-0.15, -0.1) is 11.8 Å². The summed E-state index contributed by atoms with van der Waals surface area (Å²) in [4.78, 5) is 25.4. The molecular formula is C13H14N2O2S.